The molecule has 0 unspecified atom stereocenters. The van der Waals surface area contributed by atoms with E-state index in [2.05, 4.69) is 35.8 Å². The van der Waals surface area contributed by atoms with E-state index >= 15 is 0 Å². The first-order chi connectivity index (χ1) is 8.88. The molecule has 0 aliphatic rings. The van der Waals surface area contributed by atoms with Crippen LogP contribution in [0.5, 0.6) is 0 Å². The number of aryl methyl sites for hydroxylation is 2. The molecular weight excluding hydrogens is 220 g/mol. The largest absolute Gasteiger partial charge is 0.254 e. The number of aromatic amines is 1. The molecule has 0 bridgehead atoms. The van der Waals surface area contributed by atoms with Crippen molar-refractivity contribution in [2.45, 2.75) is 84.6 Å². The van der Waals surface area contributed by atoms with Crippen LogP contribution in [-0.2, 0) is 13.0 Å². The zero-order valence-electron chi connectivity index (χ0n) is 12.4. The van der Waals surface area contributed by atoms with E-state index in [1.165, 1.54) is 70.0 Å². The van der Waals surface area contributed by atoms with E-state index in [-0.39, 0.29) is 0 Å². The topological polar surface area (TPSA) is 19.7 Å². The molecule has 0 aromatic carbocycles. The molecule has 0 atom stereocenters. The molecule has 1 aromatic rings. The maximum Gasteiger partial charge on any atom is 0.254 e. The lowest BCUT2D eigenvalue weighted by atomic mass is 10.1. The Kier molecular flexibility index (Phi) is 8.62. The molecular formula is C16H31N2+. The highest BCUT2D eigenvalue weighted by Gasteiger charge is 2.08. The van der Waals surface area contributed by atoms with Crippen molar-refractivity contribution in [1.82, 2.24) is 4.98 Å². The monoisotopic (exact) mass is 251 g/mol. The summed E-state index contributed by atoms with van der Waals surface area (Å²) in [5.74, 6) is 1.41. The Hall–Kier alpha value is -0.790. The molecule has 0 aliphatic heterocycles. The van der Waals surface area contributed by atoms with Crippen molar-refractivity contribution in [1.29, 1.82) is 0 Å². The number of rotatable bonds is 11. The minimum atomic E-state index is 1.15. The molecule has 0 saturated carbocycles. The van der Waals surface area contributed by atoms with Gasteiger partial charge in [0.05, 0.1) is 6.54 Å². The first kappa shape index (κ1) is 15.3. The van der Waals surface area contributed by atoms with Crippen LogP contribution in [0.1, 0.15) is 77.5 Å². The summed E-state index contributed by atoms with van der Waals surface area (Å²) in [5, 5.41) is 0. The fraction of sp³-hybridized carbons (Fsp3) is 0.812. The zero-order chi connectivity index (χ0) is 13.1. The average molecular weight is 251 g/mol. The van der Waals surface area contributed by atoms with Crippen molar-refractivity contribution in [3.63, 3.8) is 0 Å². The molecule has 0 spiro atoms. The minimum Gasteiger partial charge on any atom is -0.248 e. The van der Waals surface area contributed by atoms with Gasteiger partial charge in [0.1, 0.15) is 12.4 Å². The van der Waals surface area contributed by atoms with E-state index in [4.69, 9.17) is 0 Å². The summed E-state index contributed by atoms with van der Waals surface area (Å²) in [7, 11) is 0. The molecule has 1 rings (SSSR count). The maximum absolute atomic E-state index is 3.37. The van der Waals surface area contributed by atoms with E-state index in [1.807, 2.05) is 0 Å². The number of nitrogens with zero attached hydrogens (tertiary/aromatic N) is 1. The van der Waals surface area contributed by atoms with Crippen LogP contribution in [0.3, 0.4) is 0 Å². The lowest BCUT2D eigenvalue weighted by molar-refractivity contribution is -0.702. The van der Waals surface area contributed by atoms with Crippen molar-refractivity contribution < 1.29 is 4.57 Å². The third kappa shape index (κ3) is 6.23. The first-order valence-electron chi connectivity index (χ1n) is 7.94. The van der Waals surface area contributed by atoms with Crippen molar-refractivity contribution in [2.75, 3.05) is 0 Å². The SMILES string of the molecule is CCCCCCCCCCc1[nH]cc[n+]1CCC. The van der Waals surface area contributed by atoms with Crippen molar-refractivity contribution in [3.05, 3.63) is 18.2 Å². The summed E-state index contributed by atoms with van der Waals surface area (Å²) in [5.41, 5.74) is 0. The number of hydrogen-bond acceptors (Lipinski definition) is 0. The molecule has 1 N–H and O–H groups in total. The van der Waals surface area contributed by atoms with Gasteiger partial charge in [0.2, 0.25) is 0 Å². The Morgan fingerprint density at radius 3 is 2.22 bits per heavy atom. The Bertz CT molecular complexity index is 291. The zero-order valence-corrected chi connectivity index (χ0v) is 12.4. The van der Waals surface area contributed by atoms with Crippen LogP contribution in [-0.4, -0.2) is 4.98 Å². The second kappa shape index (κ2) is 10.2. The fourth-order valence-electron chi connectivity index (χ4n) is 2.49. The van der Waals surface area contributed by atoms with Crippen LogP contribution in [0.15, 0.2) is 12.4 Å². The minimum absolute atomic E-state index is 1.15. The number of imidazole rings is 1. The Labute approximate surface area is 113 Å². The van der Waals surface area contributed by atoms with Crippen LogP contribution in [0, 0.1) is 0 Å². The van der Waals surface area contributed by atoms with Crippen LogP contribution in [0.2, 0.25) is 0 Å². The van der Waals surface area contributed by atoms with Gasteiger partial charge < -0.3 is 0 Å². The summed E-state index contributed by atoms with van der Waals surface area (Å²) in [6, 6.07) is 0. The summed E-state index contributed by atoms with van der Waals surface area (Å²) in [4.78, 5) is 3.37. The summed E-state index contributed by atoms with van der Waals surface area (Å²) < 4.78 is 2.36. The summed E-state index contributed by atoms with van der Waals surface area (Å²) >= 11 is 0. The van der Waals surface area contributed by atoms with E-state index < -0.39 is 0 Å². The number of hydrogen-bond donors (Lipinski definition) is 1. The quantitative estimate of drug-likeness (QED) is 0.444. The van der Waals surface area contributed by atoms with Crippen LogP contribution in [0.25, 0.3) is 0 Å². The second-order valence-corrected chi connectivity index (χ2v) is 5.33. The third-order valence-corrected chi connectivity index (χ3v) is 3.58. The van der Waals surface area contributed by atoms with Crippen LogP contribution < -0.4 is 4.57 Å². The summed E-state index contributed by atoms with van der Waals surface area (Å²) in [6.45, 7) is 5.66. The molecule has 1 aromatic heterocycles. The van der Waals surface area contributed by atoms with Crippen molar-refractivity contribution in [2.24, 2.45) is 0 Å². The Morgan fingerprint density at radius 2 is 1.56 bits per heavy atom. The van der Waals surface area contributed by atoms with Gasteiger partial charge in [0.25, 0.3) is 5.82 Å². The van der Waals surface area contributed by atoms with Gasteiger partial charge in [-0.3, -0.25) is 0 Å². The highest BCUT2D eigenvalue weighted by atomic mass is 15.1. The van der Waals surface area contributed by atoms with E-state index in [1.54, 1.807) is 0 Å². The van der Waals surface area contributed by atoms with Gasteiger partial charge >= 0.3 is 0 Å². The van der Waals surface area contributed by atoms with E-state index in [0.29, 0.717) is 0 Å². The Balaban J connectivity index is 2.01. The van der Waals surface area contributed by atoms with E-state index in [0.717, 1.165) is 6.54 Å². The van der Waals surface area contributed by atoms with Gasteiger partial charge in [-0.2, -0.15) is 0 Å². The smallest absolute Gasteiger partial charge is 0.248 e. The molecule has 1 heterocycles. The molecule has 0 amide bonds. The predicted octanol–water partition coefficient (Wildman–Crippen LogP) is 4.40. The van der Waals surface area contributed by atoms with Gasteiger partial charge in [0.15, 0.2) is 0 Å². The lowest BCUT2D eigenvalue weighted by Crippen LogP contribution is -2.35. The third-order valence-electron chi connectivity index (χ3n) is 3.58. The fourth-order valence-corrected chi connectivity index (χ4v) is 2.49. The second-order valence-electron chi connectivity index (χ2n) is 5.33. The van der Waals surface area contributed by atoms with Gasteiger partial charge in [-0.25, -0.2) is 9.55 Å². The van der Waals surface area contributed by atoms with Gasteiger partial charge in [-0.05, 0) is 12.8 Å². The summed E-state index contributed by atoms with van der Waals surface area (Å²) in [6.07, 6.45) is 17.9. The molecule has 0 aliphatic carbocycles. The Morgan fingerprint density at radius 1 is 0.889 bits per heavy atom. The molecule has 0 fully saturated rings. The van der Waals surface area contributed by atoms with Crippen LogP contribution >= 0.6 is 0 Å². The average Bonchev–Trinajstić information content (AvgIpc) is 2.81. The predicted molar refractivity (Wildman–Crippen MR) is 77.6 cm³/mol. The maximum atomic E-state index is 3.37. The highest BCUT2D eigenvalue weighted by molar-refractivity contribution is 4.77. The van der Waals surface area contributed by atoms with Gasteiger partial charge in [-0.15, -0.1) is 0 Å². The molecule has 0 saturated heterocycles. The molecule has 2 nitrogen and oxygen atoms in total. The molecule has 18 heavy (non-hydrogen) atoms. The van der Waals surface area contributed by atoms with E-state index in [9.17, 15) is 0 Å². The first-order valence-corrected chi connectivity index (χ1v) is 7.94. The van der Waals surface area contributed by atoms with Gasteiger partial charge in [0, 0.05) is 6.42 Å². The molecule has 0 radical (unpaired) electrons. The van der Waals surface area contributed by atoms with Gasteiger partial charge in [-0.1, -0.05) is 58.8 Å². The number of unbranched alkanes of at least 4 members (excludes halogenated alkanes) is 7. The standard InChI is InChI=1S/C16H30N2/c1-3-5-6-7-8-9-10-11-12-16-17-13-15-18(16)14-4-2/h13,15H,3-12,14H2,1-2H3/p+1. The number of aromatic nitrogens is 2. The van der Waals surface area contributed by atoms with Crippen molar-refractivity contribution in [3.8, 4) is 0 Å². The highest BCUT2D eigenvalue weighted by Crippen LogP contribution is 2.09. The lowest BCUT2D eigenvalue weighted by Gasteiger charge is -2.01. The molecule has 104 valence electrons. The van der Waals surface area contributed by atoms with Crippen LogP contribution in [0.4, 0.5) is 0 Å². The number of nitrogens with one attached hydrogen (secondary N) is 1. The van der Waals surface area contributed by atoms with Crippen molar-refractivity contribution >= 4 is 0 Å². The normalized spacial score (nSPS) is 11.0. The number of H-pyrrole nitrogens is 1. The molecule has 2 heteroatoms.